The van der Waals surface area contributed by atoms with Crippen LogP contribution in [0.2, 0.25) is 0 Å². The van der Waals surface area contributed by atoms with Gasteiger partial charge in [-0.05, 0) is 22.9 Å². The number of halogens is 1. The van der Waals surface area contributed by atoms with E-state index >= 15 is 0 Å². The van der Waals surface area contributed by atoms with Gasteiger partial charge in [0.05, 0.1) is 24.3 Å². The maximum absolute atomic E-state index is 12.1. The molecule has 156 valence electrons. The molecule has 0 saturated carbocycles. The summed E-state index contributed by atoms with van der Waals surface area (Å²) >= 11 is 9.72. The van der Waals surface area contributed by atoms with Gasteiger partial charge in [-0.2, -0.15) is 16.7 Å². The summed E-state index contributed by atoms with van der Waals surface area (Å²) in [5.74, 6) is 0.326. The minimum atomic E-state index is -0.602. The number of carbonyl (C=O) groups is 2. The second-order valence-corrected chi connectivity index (χ2v) is 7.85. The van der Waals surface area contributed by atoms with Crippen LogP contribution in [0.3, 0.4) is 0 Å². The second kappa shape index (κ2) is 10.6. The minimum absolute atomic E-state index is 0.00150. The highest BCUT2D eigenvalue weighted by Crippen LogP contribution is 2.39. The molecule has 0 atom stereocenters. The molecule has 0 aliphatic heterocycles. The first-order chi connectivity index (χ1) is 13.8. The molecule has 2 aromatic rings. The predicted molar refractivity (Wildman–Crippen MR) is 114 cm³/mol. The van der Waals surface area contributed by atoms with Crippen molar-refractivity contribution in [3.05, 3.63) is 33.4 Å². The molecule has 0 aliphatic rings. The van der Waals surface area contributed by atoms with Crippen LogP contribution in [0.5, 0.6) is 11.5 Å². The highest BCUT2D eigenvalue weighted by atomic mass is 79.9. The topological polar surface area (TPSA) is 124 Å². The van der Waals surface area contributed by atoms with Crippen LogP contribution in [0.1, 0.15) is 27.6 Å². The highest BCUT2D eigenvalue weighted by Gasteiger charge is 2.23. The number of methoxy groups -OCH3 is 2. The van der Waals surface area contributed by atoms with Crippen molar-refractivity contribution in [3.8, 4) is 11.5 Å². The van der Waals surface area contributed by atoms with Crippen LogP contribution in [-0.2, 0) is 15.3 Å². The van der Waals surface area contributed by atoms with Crippen LogP contribution in [-0.4, -0.2) is 58.5 Å². The summed E-state index contributed by atoms with van der Waals surface area (Å²) in [5.41, 5.74) is 0.589. The monoisotopic (exact) mass is 503 g/mol. The summed E-state index contributed by atoms with van der Waals surface area (Å²) < 4.78 is 15.2. The highest BCUT2D eigenvalue weighted by molar-refractivity contribution is 9.10. The molecule has 2 N–H and O–H groups in total. The van der Waals surface area contributed by atoms with E-state index in [1.807, 2.05) is 0 Å². The quantitative estimate of drug-likeness (QED) is 0.228. The Bertz CT molecular complexity index is 934. The minimum Gasteiger partial charge on any atom is -0.507 e. The zero-order chi connectivity index (χ0) is 21.6. The Balaban J connectivity index is 1.95. The molecule has 0 saturated heterocycles. The first-order valence-corrected chi connectivity index (χ1v) is 10.5. The van der Waals surface area contributed by atoms with E-state index in [2.05, 4.69) is 31.4 Å². The molecule has 1 amide bonds. The van der Waals surface area contributed by atoms with Crippen molar-refractivity contribution < 1.29 is 28.7 Å². The fourth-order valence-electron chi connectivity index (χ4n) is 2.25. The molecule has 29 heavy (non-hydrogen) atoms. The van der Waals surface area contributed by atoms with Gasteiger partial charge in [0, 0.05) is 29.7 Å². The molecular formula is C17H18BrN3O6S2. The molecule has 12 heteroatoms. The third-order valence-corrected chi connectivity index (χ3v) is 5.76. The van der Waals surface area contributed by atoms with Crippen molar-refractivity contribution in [2.24, 2.45) is 0 Å². The summed E-state index contributed by atoms with van der Waals surface area (Å²) in [6.07, 6.45) is 0. The molecule has 0 spiro atoms. The van der Waals surface area contributed by atoms with Crippen LogP contribution >= 0.6 is 39.9 Å². The molecule has 1 heterocycles. The van der Waals surface area contributed by atoms with E-state index in [9.17, 15) is 14.7 Å². The van der Waals surface area contributed by atoms with E-state index in [0.717, 1.165) is 0 Å². The molecule has 0 bridgehead atoms. The number of nitrogens with zero attached hydrogens (tertiary/aromatic N) is 2. The predicted octanol–water partition coefficient (Wildman–Crippen LogP) is 2.41. The van der Waals surface area contributed by atoms with E-state index in [1.165, 1.54) is 32.0 Å². The molecule has 9 nitrogen and oxygen atoms in total. The number of amides is 1. The number of hydrogen-bond donors (Lipinski definition) is 2. The SMILES string of the molecule is COC(=O)c1c(Br)c(OC)cc(O)c1CSCCNC(=O)C(=S)c1nc(C)no1. The molecule has 0 fully saturated rings. The summed E-state index contributed by atoms with van der Waals surface area (Å²) in [7, 11) is 2.68. The zero-order valence-corrected chi connectivity index (χ0v) is 19.0. The fraction of sp³-hybridized carbons (Fsp3) is 0.353. The van der Waals surface area contributed by atoms with Crippen molar-refractivity contribution in [1.29, 1.82) is 0 Å². The number of aromatic nitrogens is 2. The molecule has 2 rings (SSSR count). The second-order valence-electron chi connectivity index (χ2n) is 5.54. The number of phenols is 1. The van der Waals surface area contributed by atoms with Crippen LogP contribution in [0.25, 0.3) is 0 Å². The zero-order valence-electron chi connectivity index (χ0n) is 15.8. The normalized spacial score (nSPS) is 10.5. The largest absolute Gasteiger partial charge is 0.507 e. The Hall–Kier alpha value is -2.18. The number of ether oxygens (including phenoxy) is 2. The van der Waals surface area contributed by atoms with Gasteiger partial charge in [0.25, 0.3) is 11.8 Å². The third-order valence-electron chi connectivity index (χ3n) is 3.63. The number of phenolic OH excluding ortho intramolecular Hbond substituents is 1. The standard InChI is InChI=1S/C17H18BrN3O6S2/c1-8-20-16(27-21-8)14(28)15(23)19-4-5-29-7-9-10(22)6-11(25-2)13(18)12(9)17(24)26-3/h6,22H,4-5,7H2,1-3H3,(H,19,23). The summed E-state index contributed by atoms with van der Waals surface area (Å²) in [5, 5.41) is 16.5. The number of aryl methyl sites for hydroxylation is 1. The lowest BCUT2D eigenvalue weighted by Gasteiger charge is -2.15. The van der Waals surface area contributed by atoms with E-state index in [4.69, 9.17) is 26.2 Å². The van der Waals surface area contributed by atoms with Gasteiger partial charge in [-0.15, -0.1) is 0 Å². The summed E-state index contributed by atoms with van der Waals surface area (Å²) in [6.45, 7) is 1.93. The van der Waals surface area contributed by atoms with Crippen molar-refractivity contribution in [3.63, 3.8) is 0 Å². The van der Waals surface area contributed by atoms with Gasteiger partial charge in [0.15, 0.2) is 10.7 Å². The van der Waals surface area contributed by atoms with Crippen molar-refractivity contribution >= 4 is 56.7 Å². The summed E-state index contributed by atoms with van der Waals surface area (Å²) in [4.78, 5) is 28.0. The smallest absolute Gasteiger partial charge is 0.339 e. The van der Waals surface area contributed by atoms with E-state index in [1.54, 1.807) is 6.92 Å². The molecule has 1 aromatic carbocycles. The van der Waals surface area contributed by atoms with Crippen molar-refractivity contribution in [2.75, 3.05) is 26.5 Å². The van der Waals surface area contributed by atoms with Crippen LogP contribution < -0.4 is 10.1 Å². The van der Waals surface area contributed by atoms with Gasteiger partial charge in [0.2, 0.25) is 0 Å². The van der Waals surface area contributed by atoms with Crippen molar-refractivity contribution in [1.82, 2.24) is 15.5 Å². The van der Waals surface area contributed by atoms with Crippen LogP contribution in [0.4, 0.5) is 0 Å². The van der Waals surface area contributed by atoms with E-state index in [0.29, 0.717) is 39.7 Å². The number of thioether (sulfide) groups is 1. The molecule has 1 aromatic heterocycles. The number of nitrogens with one attached hydrogen (secondary N) is 1. The van der Waals surface area contributed by atoms with Gasteiger partial charge < -0.3 is 24.4 Å². The Kier molecular flexibility index (Phi) is 8.41. The number of rotatable bonds is 9. The molecular weight excluding hydrogens is 486 g/mol. The van der Waals surface area contributed by atoms with Gasteiger partial charge in [-0.25, -0.2) is 4.79 Å². The van der Waals surface area contributed by atoms with Gasteiger partial charge in [-0.1, -0.05) is 17.4 Å². The first-order valence-electron chi connectivity index (χ1n) is 8.17. The average molecular weight is 504 g/mol. The van der Waals surface area contributed by atoms with Gasteiger partial charge >= 0.3 is 5.97 Å². The fourth-order valence-corrected chi connectivity index (χ4v) is 3.97. The van der Waals surface area contributed by atoms with E-state index in [-0.39, 0.29) is 22.1 Å². The average Bonchev–Trinajstić information content (AvgIpc) is 3.14. The number of benzene rings is 1. The number of thiocarbonyl (C=S) groups is 1. The van der Waals surface area contributed by atoms with Crippen LogP contribution in [0, 0.1) is 6.92 Å². The maximum Gasteiger partial charge on any atom is 0.339 e. The Labute approximate surface area is 184 Å². The van der Waals surface area contributed by atoms with Gasteiger partial charge in [0.1, 0.15) is 11.5 Å². The van der Waals surface area contributed by atoms with Crippen molar-refractivity contribution in [2.45, 2.75) is 12.7 Å². The van der Waals surface area contributed by atoms with Gasteiger partial charge in [-0.3, -0.25) is 4.79 Å². The maximum atomic E-state index is 12.1. The number of esters is 1. The third kappa shape index (κ3) is 5.67. The Morgan fingerprint density at radius 2 is 2.14 bits per heavy atom. The molecule has 0 radical (unpaired) electrons. The number of aromatic hydroxyl groups is 1. The van der Waals surface area contributed by atoms with Crippen LogP contribution in [0.15, 0.2) is 15.1 Å². The number of hydrogen-bond acceptors (Lipinski definition) is 10. The molecule has 0 aliphatic carbocycles. The molecule has 0 unspecified atom stereocenters. The lowest BCUT2D eigenvalue weighted by atomic mass is 10.1. The first kappa shape index (κ1) is 23.1. The lowest BCUT2D eigenvalue weighted by Crippen LogP contribution is -2.32. The number of carbonyl (C=O) groups excluding carboxylic acids is 2. The summed E-state index contributed by atoms with van der Waals surface area (Å²) in [6, 6.07) is 1.42. The van der Waals surface area contributed by atoms with E-state index < -0.39 is 11.9 Å². The lowest BCUT2D eigenvalue weighted by molar-refractivity contribution is -0.114. The Morgan fingerprint density at radius 1 is 1.41 bits per heavy atom. The Morgan fingerprint density at radius 3 is 2.72 bits per heavy atom.